The van der Waals surface area contributed by atoms with Crippen LogP contribution >= 0.6 is 11.5 Å². The maximum atomic E-state index is 6.40. The van der Waals surface area contributed by atoms with Crippen molar-refractivity contribution in [3.8, 4) is 0 Å². The Morgan fingerprint density at radius 2 is 2.26 bits per heavy atom. The highest BCUT2D eigenvalue weighted by Gasteiger charge is 2.21. The lowest BCUT2D eigenvalue weighted by molar-refractivity contribution is 0.419. The minimum Gasteiger partial charge on any atom is -0.320 e. The van der Waals surface area contributed by atoms with Crippen molar-refractivity contribution in [1.29, 1.82) is 0 Å². The van der Waals surface area contributed by atoms with E-state index < -0.39 is 0 Å². The van der Waals surface area contributed by atoms with E-state index in [0.717, 1.165) is 22.9 Å². The van der Waals surface area contributed by atoms with Gasteiger partial charge >= 0.3 is 0 Å². The zero-order valence-corrected chi connectivity index (χ0v) is 12.0. The van der Waals surface area contributed by atoms with Crippen molar-refractivity contribution >= 4 is 11.5 Å². The molecule has 19 heavy (non-hydrogen) atoms. The maximum Gasteiger partial charge on any atom is 0.0804 e. The quantitative estimate of drug-likeness (QED) is 0.928. The van der Waals surface area contributed by atoms with Gasteiger partial charge in [-0.05, 0) is 47.8 Å². The first-order valence-corrected chi connectivity index (χ1v) is 7.73. The van der Waals surface area contributed by atoms with Gasteiger partial charge in [-0.25, -0.2) is 0 Å². The molecule has 1 heterocycles. The maximum absolute atomic E-state index is 6.40. The van der Waals surface area contributed by atoms with Gasteiger partial charge in [0.05, 0.1) is 16.6 Å². The van der Waals surface area contributed by atoms with Crippen molar-refractivity contribution in [1.82, 2.24) is 9.59 Å². The van der Waals surface area contributed by atoms with Crippen LogP contribution in [0, 0.1) is 0 Å². The number of hydrogen-bond donors (Lipinski definition) is 1. The Labute approximate surface area is 118 Å². The van der Waals surface area contributed by atoms with Crippen LogP contribution in [-0.4, -0.2) is 9.59 Å². The van der Waals surface area contributed by atoms with Crippen molar-refractivity contribution in [3.63, 3.8) is 0 Å². The minimum absolute atomic E-state index is 0.0880. The summed E-state index contributed by atoms with van der Waals surface area (Å²) in [6.45, 7) is 2.09. The lowest BCUT2D eigenvalue weighted by Crippen LogP contribution is -2.14. The normalized spacial score (nSPS) is 17.2. The Bertz CT molecular complexity index is 560. The highest BCUT2D eigenvalue weighted by molar-refractivity contribution is 7.05. The van der Waals surface area contributed by atoms with Gasteiger partial charge in [0, 0.05) is 0 Å². The molecule has 0 bridgehead atoms. The van der Waals surface area contributed by atoms with Gasteiger partial charge in [-0.2, -0.15) is 0 Å². The van der Waals surface area contributed by atoms with Crippen molar-refractivity contribution in [2.45, 2.75) is 44.6 Å². The number of aryl methyl sites for hydroxylation is 1. The molecule has 1 saturated carbocycles. The highest BCUT2D eigenvalue weighted by Crippen LogP contribution is 2.37. The molecule has 1 aromatic heterocycles. The van der Waals surface area contributed by atoms with Gasteiger partial charge in [-0.1, -0.05) is 42.1 Å². The number of hydrogen-bond acceptors (Lipinski definition) is 4. The van der Waals surface area contributed by atoms with Gasteiger partial charge in [-0.3, -0.25) is 0 Å². The monoisotopic (exact) mass is 273 g/mol. The molecule has 1 fully saturated rings. The molecule has 1 aliphatic carbocycles. The third-order valence-corrected chi connectivity index (χ3v) is 4.90. The second-order valence-electron chi connectivity index (χ2n) is 5.21. The molecule has 0 saturated heterocycles. The van der Waals surface area contributed by atoms with Crippen LogP contribution in [0.4, 0.5) is 0 Å². The van der Waals surface area contributed by atoms with E-state index in [0.29, 0.717) is 0 Å². The Hall–Kier alpha value is -1.26. The minimum atomic E-state index is -0.0880. The number of benzene rings is 1. The van der Waals surface area contributed by atoms with Gasteiger partial charge < -0.3 is 5.73 Å². The molecular weight excluding hydrogens is 254 g/mol. The van der Waals surface area contributed by atoms with Crippen LogP contribution in [-0.2, 0) is 6.42 Å². The number of nitrogens with zero attached hydrogens (tertiary/aromatic N) is 2. The Morgan fingerprint density at radius 1 is 1.42 bits per heavy atom. The molecule has 1 unspecified atom stereocenters. The average molecular weight is 273 g/mol. The first-order valence-electron chi connectivity index (χ1n) is 6.96. The smallest absolute Gasteiger partial charge is 0.0804 e. The molecule has 4 heteroatoms. The van der Waals surface area contributed by atoms with Crippen LogP contribution in [0.2, 0.25) is 0 Å². The van der Waals surface area contributed by atoms with Crippen LogP contribution in [0.25, 0.3) is 0 Å². The second-order valence-corrected chi connectivity index (χ2v) is 6.00. The summed E-state index contributed by atoms with van der Waals surface area (Å²) in [5, 5.41) is 4.15. The summed E-state index contributed by atoms with van der Waals surface area (Å²) in [5.41, 5.74) is 10.1. The molecule has 2 aromatic rings. The van der Waals surface area contributed by atoms with Crippen molar-refractivity contribution in [3.05, 3.63) is 46.0 Å². The van der Waals surface area contributed by atoms with E-state index in [2.05, 4.69) is 40.8 Å². The van der Waals surface area contributed by atoms with Gasteiger partial charge in [0.1, 0.15) is 0 Å². The average Bonchev–Trinajstić information content (AvgIpc) is 2.84. The summed E-state index contributed by atoms with van der Waals surface area (Å²) in [6, 6.07) is 8.66. The molecule has 0 amide bonds. The fraction of sp³-hybridized carbons (Fsp3) is 0.467. The van der Waals surface area contributed by atoms with Crippen LogP contribution in [0.5, 0.6) is 0 Å². The van der Waals surface area contributed by atoms with Crippen molar-refractivity contribution in [2.24, 2.45) is 5.73 Å². The van der Waals surface area contributed by atoms with E-state index in [4.69, 9.17) is 5.73 Å². The van der Waals surface area contributed by atoms with Crippen LogP contribution in [0.15, 0.2) is 24.3 Å². The third kappa shape index (κ3) is 2.42. The van der Waals surface area contributed by atoms with Gasteiger partial charge in [0.2, 0.25) is 0 Å². The molecule has 0 aliphatic heterocycles. The third-order valence-electron chi connectivity index (χ3n) is 4.05. The molecule has 2 N–H and O–H groups in total. The van der Waals surface area contributed by atoms with Gasteiger partial charge in [0.25, 0.3) is 0 Å². The highest BCUT2D eigenvalue weighted by atomic mass is 32.1. The lowest BCUT2D eigenvalue weighted by atomic mass is 9.79. The number of nitrogens with two attached hydrogens (primary N) is 1. The Kier molecular flexibility index (Phi) is 3.62. The summed E-state index contributed by atoms with van der Waals surface area (Å²) < 4.78 is 4.04. The van der Waals surface area contributed by atoms with Gasteiger partial charge in [0.15, 0.2) is 0 Å². The largest absolute Gasteiger partial charge is 0.320 e. The first-order chi connectivity index (χ1) is 9.29. The molecular formula is C15H19N3S. The van der Waals surface area contributed by atoms with Crippen LogP contribution < -0.4 is 5.73 Å². The Morgan fingerprint density at radius 3 is 2.95 bits per heavy atom. The first kappa shape index (κ1) is 12.8. The summed E-state index contributed by atoms with van der Waals surface area (Å²) in [6.07, 6.45) is 4.89. The van der Waals surface area contributed by atoms with E-state index in [9.17, 15) is 0 Å². The van der Waals surface area contributed by atoms with Crippen molar-refractivity contribution in [2.75, 3.05) is 0 Å². The number of aromatic nitrogens is 2. The summed E-state index contributed by atoms with van der Waals surface area (Å²) in [7, 11) is 0. The summed E-state index contributed by atoms with van der Waals surface area (Å²) in [5.74, 6) is 0.748. The van der Waals surface area contributed by atoms with E-state index in [-0.39, 0.29) is 6.04 Å². The molecule has 3 nitrogen and oxygen atoms in total. The lowest BCUT2D eigenvalue weighted by Gasteiger charge is -2.26. The zero-order valence-electron chi connectivity index (χ0n) is 11.2. The van der Waals surface area contributed by atoms with E-state index in [1.165, 1.54) is 41.9 Å². The molecule has 0 spiro atoms. The molecule has 100 valence electrons. The Balaban J connectivity index is 1.88. The second kappa shape index (κ2) is 5.39. The van der Waals surface area contributed by atoms with Crippen molar-refractivity contribution < 1.29 is 0 Å². The molecule has 1 atom stereocenters. The predicted octanol–water partition coefficient (Wildman–Crippen LogP) is 3.42. The molecule has 0 radical (unpaired) electrons. The predicted molar refractivity (Wildman–Crippen MR) is 78.4 cm³/mol. The number of rotatable bonds is 4. The molecule has 3 rings (SSSR count). The van der Waals surface area contributed by atoms with Crippen LogP contribution in [0.1, 0.15) is 59.8 Å². The SMILES string of the molecule is CCc1nnsc1C(N)c1cccc(C2CCC2)c1. The summed E-state index contributed by atoms with van der Waals surface area (Å²) >= 11 is 1.42. The fourth-order valence-electron chi connectivity index (χ4n) is 2.60. The fourth-order valence-corrected chi connectivity index (χ4v) is 3.36. The molecule has 1 aromatic carbocycles. The van der Waals surface area contributed by atoms with E-state index in [1.54, 1.807) is 0 Å². The van der Waals surface area contributed by atoms with E-state index >= 15 is 0 Å². The molecule has 1 aliphatic rings. The van der Waals surface area contributed by atoms with Crippen LogP contribution in [0.3, 0.4) is 0 Å². The van der Waals surface area contributed by atoms with E-state index in [1.807, 2.05) is 0 Å². The topological polar surface area (TPSA) is 51.8 Å². The standard InChI is InChI=1S/C15H19N3S/c1-2-13-15(19-18-17-13)14(16)12-8-4-7-11(9-12)10-5-3-6-10/h4,7-10,14H,2-3,5-6,16H2,1H3. The summed E-state index contributed by atoms with van der Waals surface area (Å²) in [4.78, 5) is 1.10. The zero-order chi connectivity index (χ0) is 13.2. The van der Waals surface area contributed by atoms with Gasteiger partial charge in [-0.15, -0.1) is 5.10 Å².